The van der Waals surface area contributed by atoms with E-state index in [9.17, 15) is 9.59 Å². The molecule has 1 saturated carbocycles. The highest BCUT2D eigenvalue weighted by Crippen LogP contribution is 2.32. The Bertz CT molecular complexity index is 577. The SMILES string of the molecule is O=C(OCCOc1ccc(Br)cc1)C1CCN(C(=O)C2CC2)CC1. The normalized spacial score (nSPS) is 18.3. The third-order valence-electron chi connectivity index (χ3n) is 4.48. The van der Waals surface area contributed by atoms with Gasteiger partial charge in [0, 0.05) is 23.5 Å². The molecule has 5 nitrogen and oxygen atoms in total. The quantitative estimate of drug-likeness (QED) is 0.548. The Kier molecular flexibility index (Phi) is 5.76. The van der Waals surface area contributed by atoms with Crippen molar-refractivity contribution in [1.29, 1.82) is 0 Å². The number of ether oxygens (including phenoxy) is 2. The van der Waals surface area contributed by atoms with Crippen molar-refractivity contribution in [3.8, 4) is 5.75 Å². The third kappa shape index (κ3) is 4.72. The van der Waals surface area contributed by atoms with Crippen LogP contribution in [-0.4, -0.2) is 43.1 Å². The largest absolute Gasteiger partial charge is 0.490 e. The van der Waals surface area contributed by atoms with Gasteiger partial charge < -0.3 is 14.4 Å². The summed E-state index contributed by atoms with van der Waals surface area (Å²) in [5.41, 5.74) is 0. The van der Waals surface area contributed by atoms with Gasteiger partial charge in [-0.3, -0.25) is 9.59 Å². The lowest BCUT2D eigenvalue weighted by Crippen LogP contribution is -2.41. The van der Waals surface area contributed by atoms with E-state index in [4.69, 9.17) is 9.47 Å². The van der Waals surface area contributed by atoms with E-state index in [1.165, 1.54) is 0 Å². The van der Waals surface area contributed by atoms with Gasteiger partial charge in [-0.1, -0.05) is 15.9 Å². The number of nitrogens with zero attached hydrogens (tertiary/aromatic N) is 1. The van der Waals surface area contributed by atoms with Crippen LogP contribution >= 0.6 is 15.9 Å². The molecule has 0 radical (unpaired) electrons. The molecule has 2 fully saturated rings. The summed E-state index contributed by atoms with van der Waals surface area (Å²) >= 11 is 3.37. The fourth-order valence-corrected chi connectivity index (χ4v) is 3.14. The Hall–Kier alpha value is -1.56. The molecule has 0 atom stereocenters. The van der Waals surface area contributed by atoms with E-state index in [2.05, 4.69) is 15.9 Å². The van der Waals surface area contributed by atoms with Crippen LogP contribution in [0.1, 0.15) is 25.7 Å². The zero-order valence-electron chi connectivity index (χ0n) is 13.6. The van der Waals surface area contributed by atoms with Crippen LogP contribution in [0.25, 0.3) is 0 Å². The first-order valence-corrected chi connectivity index (χ1v) is 9.26. The van der Waals surface area contributed by atoms with Crippen molar-refractivity contribution in [2.45, 2.75) is 25.7 Å². The molecule has 3 rings (SSSR count). The van der Waals surface area contributed by atoms with Crippen LogP contribution in [0.4, 0.5) is 0 Å². The fraction of sp³-hybridized carbons (Fsp3) is 0.556. The van der Waals surface area contributed by atoms with Gasteiger partial charge in [0.15, 0.2) is 0 Å². The highest BCUT2D eigenvalue weighted by Gasteiger charge is 2.36. The number of carbonyl (C=O) groups excluding carboxylic acids is 2. The van der Waals surface area contributed by atoms with Crippen molar-refractivity contribution in [3.63, 3.8) is 0 Å². The molecule has 1 amide bonds. The van der Waals surface area contributed by atoms with Crippen LogP contribution in [0.15, 0.2) is 28.7 Å². The molecular formula is C18H22BrNO4. The van der Waals surface area contributed by atoms with E-state index >= 15 is 0 Å². The van der Waals surface area contributed by atoms with E-state index in [-0.39, 0.29) is 30.3 Å². The Balaban J connectivity index is 1.32. The molecule has 2 aliphatic rings. The summed E-state index contributed by atoms with van der Waals surface area (Å²) < 4.78 is 11.8. The van der Waals surface area contributed by atoms with Gasteiger partial charge in [0.2, 0.25) is 5.91 Å². The molecule has 0 aromatic heterocycles. The standard InChI is InChI=1S/C18H22BrNO4/c19-15-3-5-16(6-4-15)23-11-12-24-18(22)14-7-9-20(10-8-14)17(21)13-1-2-13/h3-6,13-14H,1-2,7-12H2. The molecule has 1 aromatic rings. The van der Waals surface area contributed by atoms with Gasteiger partial charge in [-0.15, -0.1) is 0 Å². The number of carbonyl (C=O) groups is 2. The topological polar surface area (TPSA) is 55.8 Å². The molecule has 130 valence electrons. The van der Waals surface area contributed by atoms with E-state index in [0.717, 1.165) is 23.1 Å². The van der Waals surface area contributed by atoms with Gasteiger partial charge in [-0.05, 0) is 49.9 Å². The second-order valence-corrected chi connectivity index (χ2v) is 7.26. The summed E-state index contributed by atoms with van der Waals surface area (Å²) in [6.07, 6.45) is 3.45. The number of amides is 1. The van der Waals surface area contributed by atoms with Gasteiger partial charge in [0.25, 0.3) is 0 Å². The Morgan fingerprint density at radius 3 is 2.29 bits per heavy atom. The van der Waals surface area contributed by atoms with Crippen LogP contribution in [0.3, 0.4) is 0 Å². The average Bonchev–Trinajstić information content (AvgIpc) is 3.45. The van der Waals surface area contributed by atoms with Crippen molar-refractivity contribution < 1.29 is 19.1 Å². The number of benzene rings is 1. The maximum Gasteiger partial charge on any atom is 0.309 e. The molecule has 24 heavy (non-hydrogen) atoms. The number of likely N-dealkylation sites (tertiary alicyclic amines) is 1. The number of hydrogen-bond donors (Lipinski definition) is 0. The molecular weight excluding hydrogens is 374 g/mol. The second-order valence-electron chi connectivity index (χ2n) is 6.34. The Morgan fingerprint density at radius 2 is 1.67 bits per heavy atom. The third-order valence-corrected chi connectivity index (χ3v) is 5.01. The van der Waals surface area contributed by atoms with Crippen molar-refractivity contribution >= 4 is 27.8 Å². The van der Waals surface area contributed by atoms with Gasteiger partial charge in [0.1, 0.15) is 19.0 Å². The summed E-state index contributed by atoms with van der Waals surface area (Å²) in [6, 6.07) is 7.52. The first-order chi connectivity index (χ1) is 11.6. The Labute approximate surface area is 150 Å². The first kappa shape index (κ1) is 17.3. The minimum absolute atomic E-state index is 0.0964. The first-order valence-electron chi connectivity index (χ1n) is 8.47. The number of rotatable bonds is 6. The van der Waals surface area contributed by atoms with Crippen LogP contribution in [-0.2, 0) is 14.3 Å². The molecule has 1 aliphatic heterocycles. The summed E-state index contributed by atoms with van der Waals surface area (Å²) in [4.78, 5) is 26.0. The number of esters is 1. The lowest BCUT2D eigenvalue weighted by molar-refractivity contribution is -0.152. The van der Waals surface area contributed by atoms with E-state index in [1.807, 2.05) is 29.2 Å². The van der Waals surface area contributed by atoms with Gasteiger partial charge in [-0.2, -0.15) is 0 Å². The number of piperidine rings is 1. The van der Waals surface area contributed by atoms with Crippen molar-refractivity contribution in [2.24, 2.45) is 11.8 Å². The molecule has 1 saturated heterocycles. The monoisotopic (exact) mass is 395 g/mol. The average molecular weight is 396 g/mol. The molecule has 6 heteroatoms. The lowest BCUT2D eigenvalue weighted by Gasteiger charge is -2.31. The van der Waals surface area contributed by atoms with E-state index in [0.29, 0.717) is 32.5 Å². The van der Waals surface area contributed by atoms with Crippen LogP contribution in [0, 0.1) is 11.8 Å². The predicted octanol–water partition coefficient (Wildman–Crippen LogP) is 3.02. The van der Waals surface area contributed by atoms with Gasteiger partial charge in [-0.25, -0.2) is 0 Å². The minimum atomic E-state index is -0.173. The second kappa shape index (κ2) is 8.01. The summed E-state index contributed by atoms with van der Waals surface area (Å²) in [5, 5.41) is 0. The van der Waals surface area contributed by atoms with Crippen LogP contribution in [0.5, 0.6) is 5.75 Å². The molecule has 0 bridgehead atoms. The zero-order chi connectivity index (χ0) is 16.9. The highest BCUT2D eigenvalue weighted by molar-refractivity contribution is 9.10. The van der Waals surface area contributed by atoms with Crippen LogP contribution in [0.2, 0.25) is 0 Å². The van der Waals surface area contributed by atoms with E-state index < -0.39 is 0 Å². The molecule has 0 spiro atoms. The molecule has 1 aromatic carbocycles. The smallest absolute Gasteiger partial charge is 0.309 e. The van der Waals surface area contributed by atoms with Crippen molar-refractivity contribution in [3.05, 3.63) is 28.7 Å². The summed E-state index contributed by atoms with van der Waals surface area (Å²) in [7, 11) is 0. The highest BCUT2D eigenvalue weighted by atomic mass is 79.9. The Morgan fingerprint density at radius 1 is 1.00 bits per heavy atom. The summed E-state index contributed by atoms with van der Waals surface area (Å²) in [6.45, 7) is 1.93. The van der Waals surface area contributed by atoms with Crippen molar-refractivity contribution in [2.75, 3.05) is 26.3 Å². The van der Waals surface area contributed by atoms with Gasteiger partial charge >= 0.3 is 5.97 Å². The van der Waals surface area contributed by atoms with Crippen LogP contribution < -0.4 is 4.74 Å². The fourth-order valence-electron chi connectivity index (χ4n) is 2.87. The lowest BCUT2D eigenvalue weighted by atomic mass is 9.97. The maximum absolute atomic E-state index is 12.1. The maximum atomic E-state index is 12.1. The van der Waals surface area contributed by atoms with Crippen molar-refractivity contribution in [1.82, 2.24) is 4.90 Å². The summed E-state index contributed by atoms with van der Waals surface area (Å²) in [5.74, 6) is 1.00. The zero-order valence-corrected chi connectivity index (χ0v) is 15.2. The molecule has 1 aliphatic carbocycles. The molecule has 0 unspecified atom stereocenters. The predicted molar refractivity (Wildman–Crippen MR) is 92.6 cm³/mol. The number of hydrogen-bond acceptors (Lipinski definition) is 4. The molecule has 1 heterocycles. The van der Waals surface area contributed by atoms with E-state index in [1.54, 1.807) is 0 Å². The molecule has 0 N–H and O–H groups in total. The van der Waals surface area contributed by atoms with Gasteiger partial charge in [0.05, 0.1) is 5.92 Å². The minimum Gasteiger partial charge on any atom is -0.490 e. The number of halogens is 1.